The average Bonchev–Trinajstić information content (AvgIpc) is 3.40. The third kappa shape index (κ3) is 4.49. The first kappa shape index (κ1) is 24.7. The summed E-state index contributed by atoms with van der Waals surface area (Å²) in [7, 11) is 0.106. The topological polar surface area (TPSA) is 46.2 Å². The van der Waals surface area contributed by atoms with Crippen molar-refractivity contribution in [1.82, 2.24) is 0 Å². The van der Waals surface area contributed by atoms with Gasteiger partial charge in [-0.1, -0.05) is 60.7 Å². The summed E-state index contributed by atoms with van der Waals surface area (Å²) >= 11 is 0. The van der Waals surface area contributed by atoms with Crippen molar-refractivity contribution in [2.24, 2.45) is 0 Å². The van der Waals surface area contributed by atoms with E-state index in [0.29, 0.717) is 26.4 Å². The van der Waals surface area contributed by atoms with Crippen LogP contribution in [0.4, 0.5) is 0 Å². The molecule has 0 fully saturated rings. The fourth-order valence-electron chi connectivity index (χ4n) is 4.93. The van der Waals surface area contributed by atoms with Gasteiger partial charge in [-0.15, -0.1) is 0 Å². The van der Waals surface area contributed by atoms with Crippen molar-refractivity contribution < 1.29 is 23.0 Å². The summed E-state index contributed by atoms with van der Waals surface area (Å²) in [5.41, 5.74) is 7.54. The van der Waals surface area contributed by atoms with Crippen molar-refractivity contribution in [2.75, 3.05) is 20.3 Å². The highest BCUT2D eigenvalue weighted by atomic mass is 31.2. The van der Waals surface area contributed by atoms with Crippen molar-refractivity contribution in [1.29, 1.82) is 0 Å². The van der Waals surface area contributed by atoms with Crippen LogP contribution in [0.1, 0.15) is 30.5 Å². The number of ether oxygens (including phenoxy) is 2. The minimum atomic E-state index is -1.61. The number of benzene rings is 4. The Balaban J connectivity index is 1.90. The second-order valence-corrected chi connectivity index (χ2v) is 9.68. The average molecular weight is 503 g/mol. The van der Waals surface area contributed by atoms with E-state index in [1.807, 2.05) is 38.1 Å². The lowest BCUT2D eigenvalue weighted by atomic mass is 9.85. The van der Waals surface area contributed by atoms with Crippen molar-refractivity contribution in [2.45, 2.75) is 34.0 Å². The van der Waals surface area contributed by atoms with Crippen molar-refractivity contribution >= 4 is 19.4 Å². The van der Waals surface area contributed by atoms with E-state index in [1.54, 1.807) is 7.11 Å². The van der Waals surface area contributed by atoms with Gasteiger partial charge in [0.2, 0.25) is 0 Å². The maximum absolute atomic E-state index is 6.73. The van der Waals surface area contributed by atoms with Gasteiger partial charge in [-0.05, 0) is 59.9 Å². The third-order valence-corrected chi connectivity index (χ3v) is 7.77. The Morgan fingerprint density at radius 1 is 0.778 bits per heavy atom. The Kier molecular flexibility index (Phi) is 7.54. The third-order valence-electron chi connectivity index (χ3n) is 6.50. The predicted molar refractivity (Wildman–Crippen MR) is 145 cm³/mol. The quantitative estimate of drug-likeness (QED) is 0.216. The molecule has 36 heavy (non-hydrogen) atoms. The Morgan fingerprint density at radius 3 is 2.19 bits per heavy atom. The van der Waals surface area contributed by atoms with Crippen LogP contribution in [0.2, 0.25) is 0 Å². The largest absolute Gasteiger partial charge is 0.496 e. The van der Waals surface area contributed by atoms with Gasteiger partial charge >= 0.3 is 8.60 Å². The van der Waals surface area contributed by atoms with Crippen LogP contribution in [0.25, 0.3) is 33.0 Å². The summed E-state index contributed by atoms with van der Waals surface area (Å²) in [5.74, 6) is 1.53. The molecule has 5 rings (SSSR count). The molecular formula is C30H31O5P. The number of hydrogen-bond donors (Lipinski definition) is 0. The molecule has 0 radical (unpaired) electrons. The van der Waals surface area contributed by atoms with Crippen LogP contribution in [-0.4, -0.2) is 20.3 Å². The van der Waals surface area contributed by atoms with Gasteiger partial charge in [0.15, 0.2) is 0 Å². The summed E-state index contributed by atoms with van der Waals surface area (Å²) in [6.45, 7) is 8.13. The van der Waals surface area contributed by atoms with E-state index < -0.39 is 8.60 Å². The molecule has 186 valence electrons. The molecule has 0 aromatic heterocycles. The predicted octanol–water partition coefficient (Wildman–Crippen LogP) is 8.20. The molecule has 0 saturated heterocycles. The van der Waals surface area contributed by atoms with Crippen LogP contribution >= 0.6 is 8.60 Å². The van der Waals surface area contributed by atoms with Crippen LogP contribution in [0, 0.1) is 6.92 Å². The molecule has 0 N–H and O–H groups in total. The van der Waals surface area contributed by atoms with E-state index in [2.05, 4.69) is 49.4 Å². The summed E-state index contributed by atoms with van der Waals surface area (Å²) < 4.78 is 30.5. The van der Waals surface area contributed by atoms with E-state index in [1.165, 1.54) is 5.56 Å². The molecule has 6 heteroatoms. The first-order chi connectivity index (χ1) is 17.7. The minimum absolute atomic E-state index is 0.492. The van der Waals surface area contributed by atoms with Crippen LogP contribution < -0.4 is 9.26 Å². The highest BCUT2D eigenvalue weighted by molar-refractivity contribution is 7.42. The first-order valence-electron chi connectivity index (χ1n) is 12.3. The Bertz CT molecular complexity index is 1360. The molecule has 0 saturated carbocycles. The molecule has 1 aliphatic rings. The fraction of sp³-hybridized carbons (Fsp3) is 0.267. The van der Waals surface area contributed by atoms with Crippen LogP contribution in [0.5, 0.6) is 11.5 Å². The monoisotopic (exact) mass is 502 g/mol. The smallest absolute Gasteiger partial charge is 0.397 e. The van der Waals surface area contributed by atoms with E-state index in [9.17, 15) is 0 Å². The Labute approximate surface area is 213 Å². The zero-order valence-electron chi connectivity index (χ0n) is 21.2. The fourth-order valence-corrected chi connectivity index (χ4v) is 5.86. The lowest BCUT2D eigenvalue weighted by Gasteiger charge is -2.26. The second kappa shape index (κ2) is 11.0. The molecule has 4 aromatic carbocycles. The maximum Gasteiger partial charge on any atom is 0.397 e. The summed E-state index contributed by atoms with van der Waals surface area (Å²) in [5, 5.41) is 2.23. The van der Waals surface area contributed by atoms with Crippen LogP contribution in [0.15, 0.2) is 66.7 Å². The Hall–Kier alpha value is -2.95. The lowest BCUT2D eigenvalue weighted by Crippen LogP contribution is -2.05. The SMILES string of the molecule is CCOP(OCC)Oc1c(-c2c(OC)ccc3ccccc23)c(C)c2c(c1-c1ccccc1)COC2. The molecule has 0 bridgehead atoms. The first-order valence-corrected chi connectivity index (χ1v) is 13.4. The summed E-state index contributed by atoms with van der Waals surface area (Å²) in [4.78, 5) is 0. The van der Waals surface area contributed by atoms with Crippen LogP contribution in [-0.2, 0) is 27.0 Å². The zero-order valence-corrected chi connectivity index (χ0v) is 22.1. The van der Waals surface area contributed by atoms with E-state index in [0.717, 1.165) is 55.7 Å². The number of hydrogen-bond acceptors (Lipinski definition) is 5. The number of methoxy groups -OCH3 is 1. The van der Waals surface area contributed by atoms with Gasteiger partial charge in [0.1, 0.15) is 11.5 Å². The molecule has 1 heterocycles. The van der Waals surface area contributed by atoms with Crippen LogP contribution in [0.3, 0.4) is 0 Å². The highest BCUT2D eigenvalue weighted by Crippen LogP contribution is 2.55. The lowest BCUT2D eigenvalue weighted by molar-refractivity contribution is 0.134. The molecule has 5 nitrogen and oxygen atoms in total. The van der Waals surface area contributed by atoms with Crippen molar-refractivity contribution in [3.05, 3.63) is 83.4 Å². The summed E-state index contributed by atoms with van der Waals surface area (Å²) in [6.07, 6.45) is 0. The minimum Gasteiger partial charge on any atom is -0.496 e. The van der Waals surface area contributed by atoms with Gasteiger partial charge in [-0.3, -0.25) is 0 Å². The van der Waals surface area contributed by atoms with Gasteiger partial charge in [0.25, 0.3) is 0 Å². The van der Waals surface area contributed by atoms with E-state index >= 15 is 0 Å². The molecule has 0 unspecified atom stereocenters. The van der Waals surface area contributed by atoms with Gasteiger partial charge in [0, 0.05) is 16.7 Å². The molecule has 4 aromatic rings. The molecule has 0 aliphatic carbocycles. The second-order valence-electron chi connectivity index (χ2n) is 8.53. The maximum atomic E-state index is 6.73. The van der Waals surface area contributed by atoms with Crippen molar-refractivity contribution in [3.8, 4) is 33.8 Å². The normalized spacial score (nSPS) is 12.8. The highest BCUT2D eigenvalue weighted by Gasteiger charge is 2.32. The van der Waals surface area contributed by atoms with Gasteiger partial charge in [-0.2, -0.15) is 0 Å². The molecule has 1 aliphatic heterocycles. The Morgan fingerprint density at radius 2 is 1.47 bits per heavy atom. The molecule has 0 amide bonds. The van der Waals surface area contributed by atoms with Crippen molar-refractivity contribution in [3.63, 3.8) is 0 Å². The molecule has 0 spiro atoms. The zero-order chi connectivity index (χ0) is 25.1. The van der Waals surface area contributed by atoms with Gasteiger partial charge in [-0.25, -0.2) is 0 Å². The molecular weight excluding hydrogens is 471 g/mol. The van der Waals surface area contributed by atoms with E-state index in [-0.39, 0.29) is 0 Å². The molecule has 0 atom stereocenters. The number of rotatable bonds is 9. The van der Waals surface area contributed by atoms with Gasteiger partial charge < -0.3 is 23.0 Å². The van der Waals surface area contributed by atoms with E-state index in [4.69, 9.17) is 23.0 Å². The summed E-state index contributed by atoms with van der Waals surface area (Å²) in [6, 6.07) is 22.8. The standard InChI is InChI=1S/C30H31O5P/c1-5-33-36(34-6-2)35-30-27(29-23-15-11-10-12-21(23)16-17-26(29)31-4)20(3)24-18-32-19-25(24)28(30)22-13-8-7-9-14-22/h7-17H,5-6,18-19H2,1-4H3. The number of fused-ring (bicyclic) bond motifs is 2. The van der Waals surface area contributed by atoms with Gasteiger partial charge in [0.05, 0.1) is 33.5 Å².